The maximum Gasteiger partial charge on any atom is 0.162 e. The van der Waals surface area contributed by atoms with E-state index in [2.05, 4.69) is 42.2 Å². The van der Waals surface area contributed by atoms with E-state index in [1.165, 1.54) is 16.3 Å². The van der Waals surface area contributed by atoms with E-state index < -0.39 is 0 Å². The summed E-state index contributed by atoms with van der Waals surface area (Å²) in [6.45, 7) is 2.10. The molecule has 0 bridgehead atoms. The average molecular weight is 577 g/mol. The second-order valence-corrected chi connectivity index (χ2v) is 7.96. The Morgan fingerprint density at radius 2 is 1.83 bits per heavy atom. The van der Waals surface area contributed by atoms with Gasteiger partial charge in [-0.25, -0.2) is 0 Å². The summed E-state index contributed by atoms with van der Waals surface area (Å²) < 4.78 is 0. The number of aliphatic hydroxyl groups excluding tert-OH is 1. The first-order valence-electron chi connectivity index (χ1n) is 10.4. The molecule has 2 aliphatic rings. The van der Waals surface area contributed by atoms with Gasteiger partial charge >= 0.3 is 0 Å². The van der Waals surface area contributed by atoms with Crippen LogP contribution < -0.4 is 0 Å². The fourth-order valence-corrected chi connectivity index (χ4v) is 4.31. The van der Waals surface area contributed by atoms with Crippen LogP contribution in [0.2, 0.25) is 0 Å². The van der Waals surface area contributed by atoms with Gasteiger partial charge in [0.15, 0.2) is 5.78 Å². The molecule has 0 aliphatic heterocycles. The second kappa shape index (κ2) is 10.1. The van der Waals surface area contributed by atoms with Gasteiger partial charge in [0.1, 0.15) is 0 Å². The Morgan fingerprint density at radius 3 is 2.57 bits per heavy atom. The third-order valence-electron chi connectivity index (χ3n) is 5.80. The van der Waals surface area contributed by atoms with Crippen molar-refractivity contribution in [3.05, 3.63) is 77.7 Å². The smallest absolute Gasteiger partial charge is 0.162 e. The second-order valence-electron chi connectivity index (χ2n) is 7.96. The largest absolute Gasteiger partial charge is 0.512 e. The minimum atomic E-state index is 0. The normalized spacial score (nSPS) is 18.2. The van der Waals surface area contributed by atoms with Crippen LogP contribution in [0.3, 0.4) is 0 Å². The molecule has 2 aromatic carbocycles. The Morgan fingerprint density at radius 1 is 1.03 bits per heavy atom. The quantitative estimate of drug-likeness (QED) is 0.343. The van der Waals surface area contributed by atoms with Crippen molar-refractivity contribution in [1.29, 1.82) is 0 Å². The maximum atomic E-state index is 11.4. The van der Waals surface area contributed by atoms with Gasteiger partial charge in [-0.2, -0.15) is 0 Å². The number of Topliss-reactive ketones (excluding diaryl/α,β-unsaturated/α-hetero) is 1. The number of allylic oxidation sites excluding steroid dienone is 2. The number of benzene rings is 2. The van der Waals surface area contributed by atoms with Crippen LogP contribution in [-0.2, 0) is 24.9 Å². The van der Waals surface area contributed by atoms with E-state index in [0.717, 1.165) is 48.9 Å². The number of hydrogen-bond acceptors (Lipinski definition) is 3. The minimum absolute atomic E-state index is 0. The van der Waals surface area contributed by atoms with Gasteiger partial charge in [-0.05, 0) is 61.1 Å². The molecule has 1 fully saturated rings. The number of carbonyl (C=O) groups is 1. The molecule has 0 spiro atoms. The third-order valence-corrected chi connectivity index (χ3v) is 5.80. The van der Waals surface area contributed by atoms with Crippen LogP contribution in [0.25, 0.3) is 22.0 Å². The van der Waals surface area contributed by atoms with Gasteiger partial charge in [0.25, 0.3) is 0 Å². The summed E-state index contributed by atoms with van der Waals surface area (Å²) in [4.78, 5) is 15.9. The van der Waals surface area contributed by atoms with Crippen molar-refractivity contribution >= 4 is 16.6 Å². The molecule has 1 N–H and O–H groups in total. The van der Waals surface area contributed by atoms with Crippen molar-refractivity contribution in [2.75, 3.05) is 0 Å². The number of nitrogens with zero attached hydrogens (tertiary/aromatic N) is 1. The summed E-state index contributed by atoms with van der Waals surface area (Å²) >= 11 is 0. The molecular weight excluding hydrogens is 551 g/mol. The fourth-order valence-electron chi connectivity index (χ4n) is 4.31. The molecule has 0 amide bonds. The van der Waals surface area contributed by atoms with Gasteiger partial charge in [-0.15, -0.1) is 35.9 Å². The van der Waals surface area contributed by atoms with E-state index in [1.807, 2.05) is 30.5 Å². The first-order valence-corrected chi connectivity index (χ1v) is 10.4. The van der Waals surface area contributed by atoms with Gasteiger partial charge in [-0.1, -0.05) is 23.8 Å². The van der Waals surface area contributed by atoms with Crippen molar-refractivity contribution in [2.45, 2.75) is 45.4 Å². The molecule has 1 atom stereocenters. The zero-order valence-corrected chi connectivity index (χ0v) is 19.5. The Kier molecular flexibility index (Phi) is 7.58. The fraction of sp³-hybridized carbons (Fsp3) is 0.308. The van der Waals surface area contributed by atoms with Crippen LogP contribution >= 0.6 is 0 Å². The van der Waals surface area contributed by atoms with Gasteiger partial charge in [0.2, 0.25) is 0 Å². The van der Waals surface area contributed by atoms with Crippen molar-refractivity contribution in [3.63, 3.8) is 0 Å². The molecule has 2 aliphatic carbocycles. The number of aromatic nitrogens is 1. The average Bonchev–Trinajstić information content (AvgIpc) is 2.75. The topological polar surface area (TPSA) is 50.2 Å². The van der Waals surface area contributed by atoms with Crippen LogP contribution in [0.1, 0.15) is 44.1 Å². The van der Waals surface area contributed by atoms with E-state index in [0.29, 0.717) is 18.1 Å². The Balaban J connectivity index is 0.000000175. The molecule has 30 heavy (non-hydrogen) atoms. The van der Waals surface area contributed by atoms with Crippen LogP contribution in [0.5, 0.6) is 0 Å². The van der Waals surface area contributed by atoms with E-state index in [1.54, 1.807) is 0 Å². The van der Waals surface area contributed by atoms with E-state index in [9.17, 15) is 9.90 Å². The number of hydrogen-bond donors (Lipinski definition) is 1. The van der Waals surface area contributed by atoms with Crippen LogP contribution in [0, 0.1) is 18.9 Å². The van der Waals surface area contributed by atoms with E-state index in [4.69, 9.17) is 0 Å². The molecule has 1 radical (unpaired) electrons. The molecule has 4 heteroatoms. The van der Waals surface area contributed by atoms with E-state index in [-0.39, 0.29) is 25.9 Å². The predicted octanol–water partition coefficient (Wildman–Crippen LogP) is 6.36. The summed E-state index contributed by atoms with van der Waals surface area (Å²) in [5.74, 6) is 0.972. The van der Waals surface area contributed by atoms with Crippen LogP contribution in [0.4, 0.5) is 0 Å². The number of fused-ring (bicyclic) bond motifs is 2. The van der Waals surface area contributed by atoms with Crippen molar-refractivity contribution in [3.8, 4) is 11.3 Å². The number of carbonyl (C=O) groups excluding carboxylic acids is 1. The number of aliphatic hydroxyl groups is 1. The molecule has 3 aromatic rings. The summed E-state index contributed by atoms with van der Waals surface area (Å²) in [6, 6.07) is 19.6. The molecule has 3 nitrogen and oxygen atoms in total. The van der Waals surface area contributed by atoms with Gasteiger partial charge < -0.3 is 10.1 Å². The van der Waals surface area contributed by atoms with Gasteiger partial charge in [-0.3, -0.25) is 4.79 Å². The third kappa shape index (κ3) is 5.06. The first-order chi connectivity index (χ1) is 14.1. The van der Waals surface area contributed by atoms with Crippen LogP contribution in [0.15, 0.2) is 66.1 Å². The molecule has 5 rings (SSSR count). The number of rotatable bonds is 1. The molecule has 0 saturated heterocycles. The Bertz CT molecular complexity index is 1060. The monoisotopic (exact) mass is 577 g/mol. The zero-order valence-electron chi connectivity index (χ0n) is 17.2. The molecular formula is C26H26IrNO2-. The van der Waals surface area contributed by atoms with E-state index >= 15 is 0 Å². The Hall–Kier alpha value is -2.29. The number of pyridine rings is 1. The summed E-state index contributed by atoms with van der Waals surface area (Å²) in [6.07, 6.45) is 7.57. The van der Waals surface area contributed by atoms with Crippen molar-refractivity contribution in [1.82, 2.24) is 4.98 Å². The van der Waals surface area contributed by atoms with Gasteiger partial charge in [0.05, 0.1) is 5.76 Å². The summed E-state index contributed by atoms with van der Waals surface area (Å²) in [5.41, 5.74) is 4.04. The van der Waals surface area contributed by atoms with Crippen molar-refractivity contribution < 1.29 is 30.0 Å². The minimum Gasteiger partial charge on any atom is -0.512 e. The van der Waals surface area contributed by atoms with Crippen molar-refractivity contribution in [2.24, 2.45) is 5.92 Å². The zero-order chi connectivity index (χ0) is 20.2. The number of ketones is 1. The number of aryl methyl sites for hydroxylation is 1. The van der Waals surface area contributed by atoms with Gasteiger partial charge in [0, 0.05) is 44.7 Å². The molecule has 157 valence electrons. The summed E-state index contributed by atoms with van der Waals surface area (Å²) in [7, 11) is 0. The van der Waals surface area contributed by atoms with Crippen LogP contribution in [-0.4, -0.2) is 15.9 Å². The predicted molar refractivity (Wildman–Crippen MR) is 117 cm³/mol. The first kappa shape index (κ1) is 22.4. The SMILES string of the molecule is Cc1ccc2cc(-c3[c-]cccc3)ncc2c1.O=C1CCCC2CCCC(O)=C12.[Ir]. The standard InChI is InChI=1S/C16H12N.C10H14O2.Ir/c1-12-7-8-14-10-16(17-11-15(14)9-12)13-5-3-2-4-6-13;11-8-5-1-3-7-4-2-6-9(12)10(7)8;/h2-5,7-11H,1H3;7,11H,1-6H2;/q-1;;. The Labute approximate surface area is 191 Å². The molecule has 1 heterocycles. The summed E-state index contributed by atoms with van der Waals surface area (Å²) in [5, 5.41) is 11.9. The molecule has 1 aromatic heterocycles. The maximum absolute atomic E-state index is 11.4. The molecule has 1 unspecified atom stereocenters. The molecule has 1 saturated carbocycles.